The highest BCUT2D eigenvalue weighted by molar-refractivity contribution is 7.86. The first kappa shape index (κ1) is 19.1. The molecule has 2 saturated heterocycles. The molecule has 0 radical (unpaired) electrons. The summed E-state index contributed by atoms with van der Waals surface area (Å²) in [7, 11) is 0.888. The first-order valence-corrected chi connectivity index (χ1v) is 9.71. The van der Waals surface area contributed by atoms with Gasteiger partial charge in [-0.1, -0.05) is 0 Å². The molecule has 1 amide bonds. The van der Waals surface area contributed by atoms with E-state index in [1.807, 2.05) is 0 Å². The summed E-state index contributed by atoms with van der Waals surface area (Å²) in [4.78, 5) is 26.0. The zero-order chi connectivity index (χ0) is 17.9. The third kappa shape index (κ3) is 4.07. The van der Waals surface area contributed by atoms with Crippen LogP contribution in [0.25, 0.3) is 0 Å². The van der Waals surface area contributed by atoms with Gasteiger partial charge in [0.1, 0.15) is 0 Å². The molecule has 0 aliphatic carbocycles. The van der Waals surface area contributed by atoms with Crippen molar-refractivity contribution < 1.29 is 22.7 Å². The van der Waals surface area contributed by atoms with Crippen LogP contribution in [-0.2, 0) is 24.5 Å². The van der Waals surface area contributed by atoms with E-state index in [-0.39, 0.29) is 30.3 Å². The van der Waals surface area contributed by atoms with Crippen LogP contribution in [0.2, 0.25) is 0 Å². The molecule has 2 aliphatic rings. The van der Waals surface area contributed by atoms with Crippen LogP contribution >= 0.6 is 0 Å². The van der Waals surface area contributed by atoms with Gasteiger partial charge in [-0.15, -0.1) is 0 Å². The molecule has 2 fully saturated rings. The molecule has 0 bridgehead atoms. The molecule has 0 aromatic rings. The lowest BCUT2D eigenvalue weighted by molar-refractivity contribution is -0.149. The fourth-order valence-electron chi connectivity index (χ4n) is 3.34. The maximum absolute atomic E-state index is 12.7. The Hall–Kier alpha value is -1.19. The largest absolute Gasteiger partial charge is 0.469 e. The normalized spacial score (nSPS) is 24.2. The van der Waals surface area contributed by atoms with Gasteiger partial charge >= 0.3 is 5.97 Å². The highest BCUT2D eigenvalue weighted by Gasteiger charge is 2.36. The van der Waals surface area contributed by atoms with Gasteiger partial charge in [-0.2, -0.15) is 17.0 Å². The summed E-state index contributed by atoms with van der Waals surface area (Å²) in [5.74, 6) is -0.667. The van der Waals surface area contributed by atoms with E-state index in [9.17, 15) is 18.0 Å². The van der Waals surface area contributed by atoms with E-state index in [1.165, 1.54) is 29.8 Å². The van der Waals surface area contributed by atoms with Crippen molar-refractivity contribution in [3.63, 3.8) is 0 Å². The van der Waals surface area contributed by atoms with Crippen molar-refractivity contribution in [3.8, 4) is 0 Å². The summed E-state index contributed by atoms with van der Waals surface area (Å²) in [5, 5.41) is 0. The summed E-state index contributed by atoms with van der Waals surface area (Å²) < 4.78 is 31.8. The van der Waals surface area contributed by atoms with Gasteiger partial charge in [-0.3, -0.25) is 9.59 Å². The molecule has 0 unspecified atom stereocenters. The smallest absolute Gasteiger partial charge is 0.308 e. The van der Waals surface area contributed by atoms with E-state index < -0.39 is 10.2 Å². The SMILES string of the molecule is COC(=O)C1CCN(C(=O)[C@H]2CCCN(S(=O)(=O)N(C)C)C2)CC1. The Morgan fingerprint density at radius 1 is 1.04 bits per heavy atom. The molecule has 9 heteroatoms. The quantitative estimate of drug-likeness (QED) is 0.654. The summed E-state index contributed by atoms with van der Waals surface area (Å²) in [6.45, 7) is 1.73. The van der Waals surface area contributed by atoms with Crippen molar-refractivity contribution >= 4 is 22.1 Å². The molecule has 138 valence electrons. The maximum atomic E-state index is 12.7. The lowest BCUT2D eigenvalue weighted by Crippen LogP contribution is -2.51. The monoisotopic (exact) mass is 361 g/mol. The van der Waals surface area contributed by atoms with Crippen LogP contribution in [0.4, 0.5) is 0 Å². The minimum atomic E-state index is -3.49. The fraction of sp³-hybridized carbons (Fsp3) is 0.867. The topological polar surface area (TPSA) is 87.2 Å². The van der Waals surface area contributed by atoms with Gasteiger partial charge in [0.25, 0.3) is 10.2 Å². The van der Waals surface area contributed by atoms with E-state index in [0.29, 0.717) is 45.3 Å². The van der Waals surface area contributed by atoms with Crippen molar-refractivity contribution in [1.29, 1.82) is 0 Å². The zero-order valence-corrected chi connectivity index (χ0v) is 15.4. The predicted molar refractivity (Wildman–Crippen MR) is 88.2 cm³/mol. The van der Waals surface area contributed by atoms with Crippen molar-refractivity contribution in [2.75, 3.05) is 47.4 Å². The summed E-state index contributed by atoms with van der Waals surface area (Å²) in [5.41, 5.74) is 0. The van der Waals surface area contributed by atoms with Crippen molar-refractivity contribution in [3.05, 3.63) is 0 Å². The van der Waals surface area contributed by atoms with Gasteiger partial charge < -0.3 is 9.64 Å². The van der Waals surface area contributed by atoms with Crippen LogP contribution in [0.15, 0.2) is 0 Å². The molecule has 2 aliphatic heterocycles. The van der Waals surface area contributed by atoms with Gasteiger partial charge in [-0.25, -0.2) is 0 Å². The van der Waals surface area contributed by atoms with Crippen LogP contribution in [-0.4, -0.2) is 81.2 Å². The number of ether oxygens (including phenoxy) is 1. The van der Waals surface area contributed by atoms with E-state index in [4.69, 9.17) is 4.74 Å². The van der Waals surface area contributed by atoms with Crippen LogP contribution < -0.4 is 0 Å². The van der Waals surface area contributed by atoms with Crippen LogP contribution in [0.3, 0.4) is 0 Å². The molecular weight excluding hydrogens is 334 g/mol. The number of rotatable bonds is 4. The predicted octanol–water partition coefficient (Wildman–Crippen LogP) is -0.0836. The van der Waals surface area contributed by atoms with Crippen molar-refractivity contribution in [2.45, 2.75) is 25.7 Å². The number of piperidine rings is 2. The Morgan fingerprint density at radius 3 is 2.21 bits per heavy atom. The van der Waals surface area contributed by atoms with Crippen LogP contribution in [0, 0.1) is 11.8 Å². The molecule has 2 heterocycles. The highest BCUT2D eigenvalue weighted by atomic mass is 32.2. The van der Waals surface area contributed by atoms with Crippen LogP contribution in [0.5, 0.6) is 0 Å². The second kappa shape index (κ2) is 7.79. The lowest BCUT2D eigenvalue weighted by atomic mass is 9.93. The average Bonchev–Trinajstić information content (AvgIpc) is 2.60. The Bertz CT molecular complexity index is 570. The van der Waals surface area contributed by atoms with Gasteiger partial charge in [0.15, 0.2) is 0 Å². The highest BCUT2D eigenvalue weighted by Crippen LogP contribution is 2.25. The third-order valence-electron chi connectivity index (χ3n) is 4.86. The molecule has 1 atom stereocenters. The van der Waals surface area contributed by atoms with Gasteiger partial charge in [0.05, 0.1) is 18.9 Å². The number of amides is 1. The van der Waals surface area contributed by atoms with Gasteiger partial charge in [0.2, 0.25) is 5.91 Å². The Morgan fingerprint density at radius 2 is 1.67 bits per heavy atom. The molecule has 2 rings (SSSR count). The molecule has 0 aromatic carbocycles. The summed E-state index contributed by atoms with van der Waals surface area (Å²) >= 11 is 0. The molecule has 8 nitrogen and oxygen atoms in total. The maximum Gasteiger partial charge on any atom is 0.308 e. The molecule has 24 heavy (non-hydrogen) atoms. The number of carbonyl (C=O) groups excluding carboxylic acids is 2. The number of likely N-dealkylation sites (tertiary alicyclic amines) is 1. The summed E-state index contributed by atoms with van der Waals surface area (Å²) in [6.07, 6.45) is 2.59. The molecule has 0 aromatic heterocycles. The van der Waals surface area contributed by atoms with Crippen molar-refractivity contribution in [2.24, 2.45) is 11.8 Å². The first-order valence-electron chi connectivity index (χ1n) is 8.31. The number of carbonyl (C=O) groups is 2. The molecular formula is C15H27N3O5S. The van der Waals surface area contributed by atoms with Crippen molar-refractivity contribution in [1.82, 2.24) is 13.5 Å². The first-order chi connectivity index (χ1) is 11.3. The number of nitrogens with zero attached hydrogens (tertiary/aromatic N) is 3. The lowest BCUT2D eigenvalue weighted by Gasteiger charge is -2.37. The van der Waals surface area contributed by atoms with Gasteiger partial charge in [-0.05, 0) is 25.7 Å². The second-order valence-corrected chi connectivity index (χ2v) is 8.75. The number of hydrogen-bond acceptors (Lipinski definition) is 5. The van der Waals surface area contributed by atoms with Crippen LogP contribution in [0.1, 0.15) is 25.7 Å². The van der Waals surface area contributed by atoms with E-state index >= 15 is 0 Å². The Balaban J connectivity index is 1.95. The minimum absolute atomic E-state index is 0.00280. The Labute approximate surface area is 143 Å². The minimum Gasteiger partial charge on any atom is -0.469 e. The number of hydrogen-bond donors (Lipinski definition) is 0. The standard InChI is InChI=1S/C15H27N3O5S/c1-16(2)24(21,22)18-8-4-5-13(11-18)14(19)17-9-6-12(7-10-17)15(20)23-3/h12-13H,4-11H2,1-3H3/t13-/m0/s1. The Kier molecular flexibility index (Phi) is 6.22. The average molecular weight is 361 g/mol. The molecule has 0 saturated carbocycles. The van der Waals surface area contributed by atoms with Gasteiger partial charge in [0, 0.05) is 40.3 Å². The summed E-state index contributed by atoms with van der Waals surface area (Å²) in [6, 6.07) is 0. The van der Waals surface area contributed by atoms with E-state index in [0.717, 1.165) is 0 Å². The molecule has 0 N–H and O–H groups in total. The number of esters is 1. The van der Waals surface area contributed by atoms with E-state index in [2.05, 4.69) is 0 Å². The number of methoxy groups -OCH3 is 1. The second-order valence-electron chi connectivity index (χ2n) is 6.61. The fourth-order valence-corrected chi connectivity index (χ4v) is 4.53. The molecule has 0 spiro atoms. The third-order valence-corrected chi connectivity index (χ3v) is 6.77. The van der Waals surface area contributed by atoms with E-state index in [1.54, 1.807) is 4.90 Å². The zero-order valence-electron chi connectivity index (χ0n) is 14.6.